The van der Waals surface area contributed by atoms with E-state index in [1.54, 1.807) is 13.8 Å². The number of carboxylic acid groups (broad SMARTS) is 2. The number of thioether (sulfide) groups is 2. The predicted octanol–water partition coefficient (Wildman–Crippen LogP) is 0.787. The number of nitrogens with zero attached hydrogens (tertiary/aromatic N) is 1. The van der Waals surface area contributed by atoms with Gasteiger partial charge in [-0.2, -0.15) is 0 Å². The highest BCUT2D eigenvalue weighted by molar-refractivity contribution is 8.14. The molecular formula is C20H23N3O8S2. The minimum Gasteiger partial charge on any atom is -0.480 e. The van der Waals surface area contributed by atoms with Crippen LogP contribution in [0.15, 0.2) is 18.2 Å². The Kier molecular flexibility index (Phi) is 8.99. The molecule has 1 aliphatic heterocycles. The summed E-state index contributed by atoms with van der Waals surface area (Å²) in [6.07, 6.45) is -0.0695. The average molecular weight is 498 g/mol. The topological polar surface area (TPSA) is 180 Å². The Hall–Kier alpha value is -2.93. The highest BCUT2D eigenvalue weighted by Crippen LogP contribution is 2.30. The van der Waals surface area contributed by atoms with Crippen molar-refractivity contribution < 1.29 is 39.0 Å². The molecule has 0 aliphatic carbocycles. The second-order valence-corrected chi connectivity index (χ2v) is 10.2. The fourth-order valence-corrected chi connectivity index (χ4v) is 4.94. The van der Waals surface area contributed by atoms with Gasteiger partial charge in [0, 0.05) is 24.3 Å². The highest BCUT2D eigenvalue weighted by Gasteiger charge is 2.30. The maximum Gasteiger partial charge on any atom is 0.327 e. The molecule has 0 aromatic carbocycles. The molecule has 1 aliphatic rings. The highest BCUT2D eigenvalue weighted by atomic mass is 32.2. The maximum atomic E-state index is 12.5. The van der Waals surface area contributed by atoms with Crippen molar-refractivity contribution in [2.45, 2.75) is 38.8 Å². The molecule has 1 aromatic rings. The molecule has 13 heteroatoms. The lowest BCUT2D eigenvalue weighted by Gasteiger charge is -2.23. The monoisotopic (exact) mass is 497 g/mol. The Balaban J connectivity index is 2.36. The first-order valence-corrected chi connectivity index (χ1v) is 11.7. The number of aliphatic carboxylic acids is 2. The second-order valence-electron chi connectivity index (χ2n) is 8.02. The summed E-state index contributed by atoms with van der Waals surface area (Å²) in [6.45, 7) is 3.38. The minimum absolute atomic E-state index is 0.0348. The van der Waals surface area contributed by atoms with Crippen molar-refractivity contribution in [1.29, 1.82) is 0 Å². The van der Waals surface area contributed by atoms with Crippen molar-refractivity contribution in [1.82, 2.24) is 15.6 Å². The summed E-state index contributed by atoms with van der Waals surface area (Å²) in [5.74, 6) is -4.94. The molecule has 0 spiro atoms. The molecular weight excluding hydrogens is 474 g/mol. The van der Waals surface area contributed by atoms with E-state index in [2.05, 4.69) is 15.6 Å². The van der Waals surface area contributed by atoms with E-state index in [-0.39, 0.29) is 46.0 Å². The summed E-state index contributed by atoms with van der Waals surface area (Å²) in [5, 5.41) is 22.6. The van der Waals surface area contributed by atoms with E-state index in [9.17, 15) is 39.0 Å². The minimum atomic E-state index is -1.40. The molecule has 11 nitrogen and oxygen atoms in total. The lowest BCUT2D eigenvalue weighted by atomic mass is 9.87. The third kappa shape index (κ3) is 8.17. The van der Waals surface area contributed by atoms with Gasteiger partial charge in [0.1, 0.15) is 23.5 Å². The van der Waals surface area contributed by atoms with Crippen LogP contribution in [0.5, 0.6) is 0 Å². The number of fused-ring (bicyclic) bond motifs is 2. The molecule has 1 aromatic heterocycles. The number of carbonyl (C=O) groups excluding carboxylic acids is 4. The van der Waals surface area contributed by atoms with E-state index >= 15 is 0 Å². The molecule has 0 saturated heterocycles. The van der Waals surface area contributed by atoms with E-state index in [1.807, 2.05) is 0 Å². The normalized spacial score (nSPS) is 23.0. The van der Waals surface area contributed by atoms with Gasteiger partial charge in [-0.1, -0.05) is 43.4 Å². The van der Waals surface area contributed by atoms with Gasteiger partial charge < -0.3 is 20.8 Å². The van der Waals surface area contributed by atoms with Crippen molar-refractivity contribution >= 4 is 57.5 Å². The number of hydrogen-bond acceptors (Lipinski definition) is 9. The zero-order valence-corrected chi connectivity index (χ0v) is 19.5. The van der Waals surface area contributed by atoms with E-state index in [0.717, 1.165) is 23.5 Å². The van der Waals surface area contributed by atoms with Crippen LogP contribution >= 0.6 is 23.5 Å². The third-order valence-corrected chi connectivity index (χ3v) is 6.42. The SMILES string of the molecule is CC1(C)CC(=O)SC[C@H](C(=O)O)NC(=O)c2cccc(n2)C(=O)N[C@@H](C(=O)O)CSC(=O)C1. The number of carbonyl (C=O) groups is 6. The van der Waals surface area contributed by atoms with Crippen LogP contribution in [-0.2, 0) is 19.2 Å². The van der Waals surface area contributed by atoms with Crippen LogP contribution < -0.4 is 10.6 Å². The first-order chi connectivity index (χ1) is 15.4. The lowest BCUT2D eigenvalue weighted by molar-refractivity contribution is -0.139. The van der Waals surface area contributed by atoms with Crippen LogP contribution in [0.4, 0.5) is 0 Å². The summed E-state index contributed by atoms with van der Waals surface area (Å²) in [6, 6.07) is 1.04. The summed E-state index contributed by atoms with van der Waals surface area (Å²) in [4.78, 5) is 76.7. The average Bonchev–Trinajstić information content (AvgIpc) is 2.71. The van der Waals surface area contributed by atoms with E-state index in [4.69, 9.17) is 0 Å². The number of nitrogens with one attached hydrogen (secondary N) is 2. The van der Waals surface area contributed by atoms with E-state index in [0.29, 0.717) is 0 Å². The largest absolute Gasteiger partial charge is 0.480 e. The number of hydrogen-bond donors (Lipinski definition) is 4. The summed E-state index contributed by atoms with van der Waals surface area (Å²) < 4.78 is 0. The molecule has 2 amide bonds. The first-order valence-electron chi connectivity index (χ1n) is 9.73. The Morgan fingerprint density at radius 2 is 1.27 bits per heavy atom. The van der Waals surface area contributed by atoms with E-state index < -0.39 is 41.3 Å². The third-order valence-electron chi connectivity index (χ3n) is 4.49. The molecule has 2 heterocycles. The number of carboxylic acids is 2. The molecule has 33 heavy (non-hydrogen) atoms. The van der Waals surface area contributed by atoms with Gasteiger partial charge in [-0.3, -0.25) is 19.2 Å². The molecule has 2 rings (SSSR count). The molecule has 0 radical (unpaired) electrons. The smallest absolute Gasteiger partial charge is 0.327 e. The van der Waals surface area contributed by atoms with Gasteiger partial charge in [0.2, 0.25) is 0 Å². The Morgan fingerprint density at radius 1 is 0.879 bits per heavy atom. The number of pyridine rings is 1. The van der Waals surface area contributed by atoms with Crippen molar-refractivity contribution in [2.24, 2.45) is 5.41 Å². The molecule has 2 atom stereocenters. The van der Waals surface area contributed by atoms with Gasteiger partial charge in [0.25, 0.3) is 11.8 Å². The zero-order chi connectivity index (χ0) is 24.8. The number of rotatable bonds is 2. The van der Waals surface area contributed by atoms with Crippen molar-refractivity contribution in [2.75, 3.05) is 11.5 Å². The van der Waals surface area contributed by atoms with Crippen LogP contribution in [-0.4, -0.2) is 72.8 Å². The van der Waals surface area contributed by atoms with Crippen LogP contribution in [0.25, 0.3) is 0 Å². The summed E-state index contributed by atoms with van der Waals surface area (Å²) >= 11 is 1.45. The quantitative estimate of drug-likeness (QED) is 0.453. The van der Waals surface area contributed by atoms with Crippen molar-refractivity contribution in [3.63, 3.8) is 0 Å². The second kappa shape index (κ2) is 11.3. The Labute approximate surface area is 197 Å². The van der Waals surface area contributed by atoms with Gasteiger partial charge in [-0.05, 0) is 17.5 Å². The first kappa shape index (κ1) is 26.3. The van der Waals surface area contributed by atoms with Crippen molar-refractivity contribution in [3.05, 3.63) is 29.6 Å². The lowest BCUT2D eigenvalue weighted by Crippen LogP contribution is -2.44. The molecule has 4 N–H and O–H groups in total. The molecule has 0 unspecified atom stereocenters. The maximum absolute atomic E-state index is 12.5. The molecule has 2 bridgehead atoms. The van der Waals surface area contributed by atoms with Gasteiger partial charge in [-0.15, -0.1) is 0 Å². The van der Waals surface area contributed by atoms with Crippen LogP contribution in [0.3, 0.4) is 0 Å². The summed E-state index contributed by atoms with van der Waals surface area (Å²) in [7, 11) is 0. The van der Waals surface area contributed by atoms with Crippen LogP contribution in [0.1, 0.15) is 47.7 Å². The standard InChI is InChI=1S/C20H23N3O8S2/c1-20(2)6-14(24)32-8-12(18(28)29)22-16(26)10-4-3-5-11(21-10)17(27)23-13(19(30)31)9-33-15(25)7-20/h3-5,12-13H,6-9H2,1-2H3,(H,22,26)(H,23,27)(H,28,29)(H,30,31)/t12-,13-/m1/s1. The van der Waals surface area contributed by atoms with Crippen LogP contribution in [0.2, 0.25) is 0 Å². The predicted molar refractivity (Wildman–Crippen MR) is 120 cm³/mol. The number of amides is 2. The molecule has 178 valence electrons. The van der Waals surface area contributed by atoms with E-state index in [1.165, 1.54) is 18.2 Å². The van der Waals surface area contributed by atoms with Gasteiger partial charge in [-0.25, -0.2) is 14.6 Å². The van der Waals surface area contributed by atoms with Gasteiger partial charge in [0.15, 0.2) is 10.2 Å². The Bertz CT molecular complexity index is 911. The number of aromatic nitrogens is 1. The summed E-state index contributed by atoms with van der Waals surface area (Å²) in [5.41, 5.74) is -1.28. The van der Waals surface area contributed by atoms with Crippen molar-refractivity contribution in [3.8, 4) is 0 Å². The van der Waals surface area contributed by atoms with Crippen LogP contribution in [0, 0.1) is 5.41 Å². The fraction of sp³-hybridized carbons (Fsp3) is 0.450. The molecule has 0 fully saturated rings. The van der Waals surface area contributed by atoms with Gasteiger partial charge >= 0.3 is 11.9 Å². The zero-order valence-electron chi connectivity index (χ0n) is 17.8. The molecule has 0 saturated carbocycles. The Morgan fingerprint density at radius 3 is 1.64 bits per heavy atom. The fourth-order valence-electron chi connectivity index (χ4n) is 2.80. The van der Waals surface area contributed by atoms with Gasteiger partial charge in [0.05, 0.1) is 0 Å².